The molecule has 1 aliphatic carbocycles. The topological polar surface area (TPSA) is 79.0 Å². The Kier molecular flexibility index (Phi) is 6.70. The molecule has 2 aromatic heterocycles. The third-order valence-corrected chi connectivity index (χ3v) is 7.07. The van der Waals surface area contributed by atoms with Crippen LogP contribution in [0.2, 0.25) is 0 Å². The summed E-state index contributed by atoms with van der Waals surface area (Å²) in [6.45, 7) is 1.95. The number of hydrogen-bond acceptors (Lipinski definition) is 4. The fourth-order valence-electron chi connectivity index (χ4n) is 5.27. The van der Waals surface area contributed by atoms with Crippen LogP contribution in [0, 0.1) is 6.92 Å². The van der Waals surface area contributed by atoms with E-state index in [0.717, 1.165) is 53.2 Å². The quantitative estimate of drug-likeness (QED) is 0.291. The number of ether oxygens (including phenoxy) is 1. The second-order valence-electron chi connectivity index (χ2n) is 9.66. The number of para-hydroxylation sites is 1. The lowest BCUT2D eigenvalue weighted by molar-refractivity contribution is -0.140. The van der Waals surface area contributed by atoms with Crippen LogP contribution in [0.4, 0.5) is 18.9 Å². The normalized spacial score (nSPS) is 18.2. The number of rotatable bonds is 6. The molecule has 1 fully saturated rings. The fraction of sp³-hybridized carbons (Fsp3) is 0.357. The average Bonchev–Trinajstić information content (AvgIpc) is 3.17. The lowest BCUT2D eigenvalue weighted by Gasteiger charge is -2.31. The number of carbonyl (C=O) groups is 1. The number of carbonyl (C=O) groups excluding carboxylic acids is 1. The van der Waals surface area contributed by atoms with Crippen molar-refractivity contribution in [2.75, 3.05) is 12.4 Å². The summed E-state index contributed by atoms with van der Waals surface area (Å²) in [5.74, 6) is 0.651. The summed E-state index contributed by atoms with van der Waals surface area (Å²) in [7, 11) is 1.61. The number of aryl methyl sites for hydroxylation is 1. The molecular weight excluding hydrogens is 481 g/mol. The summed E-state index contributed by atoms with van der Waals surface area (Å²) in [6, 6.07) is 13.5. The summed E-state index contributed by atoms with van der Waals surface area (Å²) in [5.41, 5.74) is 2.61. The molecule has 0 bridgehead atoms. The standard InChI is InChI=1S/C28H29F3N4O2/c1-16-21(22-13-19(37-2)10-11-24(22)32-16)14-27(36)34-18-7-5-6-17(12-18)33-25-15-26(28(29,30)31)35-23-9-4-3-8-20(23)25/h3-4,8-11,13,15,17-18,32H,5-7,12,14H2,1-2H3,(H,33,35)(H,34,36)/t17-,18+/m0/s1. The number of amides is 1. The van der Waals surface area contributed by atoms with Gasteiger partial charge in [-0.2, -0.15) is 13.2 Å². The highest BCUT2D eigenvalue weighted by Crippen LogP contribution is 2.34. The van der Waals surface area contributed by atoms with Crippen LogP contribution in [-0.4, -0.2) is 35.1 Å². The zero-order chi connectivity index (χ0) is 26.2. The number of aromatic amines is 1. The lowest BCUT2D eigenvalue weighted by Crippen LogP contribution is -2.42. The van der Waals surface area contributed by atoms with Gasteiger partial charge in [-0.15, -0.1) is 0 Å². The van der Waals surface area contributed by atoms with Gasteiger partial charge in [0.25, 0.3) is 0 Å². The summed E-state index contributed by atoms with van der Waals surface area (Å²) in [4.78, 5) is 20.1. The maximum Gasteiger partial charge on any atom is 0.433 e. The van der Waals surface area contributed by atoms with Gasteiger partial charge >= 0.3 is 6.18 Å². The first kappa shape index (κ1) is 24.9. The first-order valence-corrected chi connectivity index (χ1v) is 12.4. The number of H-pyrrole nitrogens is 1. The van der Waals surface area contributed by atoms with E-state index in [1.165, 1.54) is 0 Å². The van der Waals surface area contributed by atoms with Crippen molar-refractivity contribution in [1.82, 2.24) is 15.3 Å². The van der Waals surface area contributed by atoms with E-state index in [2.05, 4.69) is 20.6 Å². The number of aromatic nitrogens is 2. The van der Waals surface area contributed by atoms with E-state index >= 15 is 0 Å². The number of nitrogens with zero attached hydrogens (tertiary/aromatic N) is 1. The van der Waals surface area contributed by atoms with Gasteiger partial charge in [-0.25, -0.2) is 4.98 Å². The van der Waals surface area contributed by atoms with Gasteiger partial charge in [0.15, 0.2) is 0 Å². The smallest absolute Gasteiger partial charge is 0.433 e. The molecule has 1 saturated carbocycles. The van der Waals surface area contributed by atoms with E-state index in [1.807, 2.05) is 25.1 Å². The number of pyridine rings is 1. The molecule has 1 amide bonds. The molecule has 2 heterocycles. The number of benzene rings is 2. The van der Waals surface area contributed by atoms with Gasteiger partial charge in [0.2, 0.25) is 5.91 Å². The van der Waals surface area contributed by atoms with E-state index < -0.39 is 11.9 Å². The fourth-order valence-corrected chi connectivity index (χ4v) is 5.27. The maximum absolute atomic E-state index is 13.5. The molecule has 6 nitrogen and oxygen atoms in total. The third-order valence-electron chi connectivity index (χ3n) is 7.07. The van der Waals surface area contributed by atoms with Crippen molar-refractivity contribution in [3.05, 3.63) is 65.5 Å². The Hall–Kier alpha value is -3.75. The van der Waals surface area contributed by atoms with Crippen molar-refractivity contribution in [2.24, 2.45) is 0 Å². The third kappa shape index (κ3) is 5.35. The number of nitrogens with one attached hydrogen (secondary N) is 3. The minimum Gasteiger partial charge on any atom is -0.497 e. The minimum atomic E-state index is -4.53. The highest BCUT2D eigenvalue weighted by Gasteiger charge is 2.34. The second-order valence-corrected chi connectivity index (χ2v) is 9.66. The zero-order valence-electron chi connectivity index (χ0n) is 20.7. The molecule has 0 aliphatic heterocycles. The van der Waals surface area contributed by atoms with E-state index in [9.17, 15) is 18.0 Å². The largest absolute Gasteiger partial charge is 0.497 e. The summed E-state index contributed by atoms with van der Waals surface area (Å²) >= 11 is 0. The van der Waals surface area contributed by atoms with Gasteiger partial charge in [0.05, 0.1) is 19.0 Å². The number of hydrogen-bond donors (Lipinski definition) is 3. The van der Waals surface area contributed by atoms with Crippen molar-refractivity contribution in [3.63, 3.8) is 0 Å². The first-order chi connectivity index (χ1) is 17.7. The SMILES string of the molecule is COc1ccc2[nH]c(C)c(CC(=O)N[C@@H]3CCC[C@H](Nc4cc(C(F)(F)F)nc5ccccc45)C3)c2c1. The van der Waals surface area contributed by atoms with Gasteiger partial charge in [-0.1, -0.05) is 18.2 Å². The van der Waals surface area contributed by atoms with E-state index in [-0.39, 0.29) is 24.4 Å². The molecule has 0 saturated heterocycles. The van der Waals surface area contributed by atoms with Crippen molar-refractivity contribution < 1.29 is 22.7 Å². The molecule has 9 heteroatoms. The molecule has 0 radical (unpaired) electrons. The predicted molar refractivity (Wildman–Crippen MR) is 138 cm³/mol. The molecule has 2 aromatic carbocycles. The van der Waals surface area contributed by atoms with Crippen molar-refractivity contribution in [1.29, 1.82) is 0 Å². The van der Waals surface area contributed by atoms with Crippen molar-refractivity contribution in [3.8, 4) is 5.75 Å². The number of anilines is 1. The van der Waals surface area contributed by atoms with Gasteiger partial charge in [0.1, 0.15) is 11.4 Å². The number of alkyl halides is 3. The van der Waals surface area contributed by atoms with Crippen LogP contribution in [0.15, 0.2) is 48.5 Å². The number of fused-ring (bicyclic) bond motifs is 2. The van der Waals surface area contributed by atoms with Crippen molar-refractivity contribution >= 4 is 33.4 Å². The molecule has 2 atom stereocenters. The molecule has 0 unspecified atom stereocenters. The van der Waals surface area contributed by atoms with Crippen LogP contribution in [0.1, 0.15) is 42.6 Å². The molecular formula is C28H29F3N4O2. The molecule has 37 heavy (non-hydrogen) atoms. The molecule has 0 spiro atoms. The Balaban J connectivity index is 1.29. The highest BCUT2D eigenvalue weighted by molar-refractivity contribution is 5.92. The minimum absolute atomic E-state index is 0.0611. The Morgan fingerprint density at radius 2 is 1.89 bits per heavy atom. The number of halogens is 3. The first-order valence-electron chi connectivity index (χ1n) is 12.4. The van der Waals surface area contributed by atoms with E-state index in [1.54, 1.807) is 31.4 Å². The molecule has 1 aliphatic rings. The van der Waals surface area contributed by atoms with E-state index in [4.69, 9.17) is 4.74 Å². The van der Waals surface area contributed by atoms with Gasteiger partial charge in [-0.3, -0.25) is 4.79 Å². The molecule has 4 aromatic rings. The Morgan fingerprint density at radius 3 is 2.68 bits per heavy atom. The zero-order valence-corrected chi connectivity index (χ0v) is 20.7. The van der Waals surface area contributed by atoms with Crippen LogP contribution >= 0.6 is 0 Å². The molecule has 3 N–H and O–H groups in total. The molecule has 5 rings (SSSR count). The Morgan fingerprint density at radius 1 is 1.11 bits per heavy atom. The molecule has 194 valence electrons. The van der Waals surface area contributed by atoms with Crippen LogP contribution < -0.4 is 15.4 Å². The predicted octanol–water partition coefficient (Wildman–Crippen LogP) is 6.13. The van der Waals surface area contributed by atoms with Crippen LogP contribution in [0.25, 0.3) is 21.8 Å². The number of methoxy groups -OCH3 is 1. The Labute approximate surface area is 212 Å². The second kappa shape index (κ2) is 9.95. The highest BCUT2D eigenvalue weighted by atomic mass is 19.4. The monoisotopic (exact) mass is 510 g/mol. The van der Waals surface area contributed by atoms with Gasteiger partial charge < -0.3 is 20.4 Å². The summed E-state index contributed by atoms with van der Waals surface area (Å²) in [6.07, 6.45) is -1.17. The lowest BCUT2D eigenvalue weighted by atomic mass is 9.90. The average molecular weight is 511 g/mol. The summed E-state index contributed by atoms with van der Waals surface area (Å²) in [5, 5.41) is 8.07. The van der Waals surface area contributed by atoms with Crippen LogP contribution in [0.3, 0.4) is 0 Å². The Bertz CT molecular complexity index is 1450. The van der Waals surface area contributed by atoms with Crippen LogP contribution in [0.5, 0.6) is 5.75 Å². The van der Waals surface area contributed by atoms with Crippen LogP contribution in [-0.2, 0) is 17.4 Å². The van der Waals surface area contributed by atoms with Crippen molar-refractivity contribution in [2.45, 2.75) is 57.3 Å². The van der Waals surface area contributed by atoms with E-state index in [0.29, 0.717) is 23.0 Å². The maximum atomic E-state index is 13.5. The van der Waals surface area contributed by atoms with Gasteiger partial charge in [0, 0.05) is 39.8 Å². The summed E-state index contributed by atoms with van der Waals surface area (Å²) < 4.78 is 45.7. The van der Waals surface area contributed by atoms with Gasteiger partial charge in [-0.05, 0) is 68.5 Å².